The van der Waals surface area contributed by atoms with Crippen molar-refractivity contribution in [3.05, 3.63) is 0 Å². The van der Waals surface area contributed by atoms with Crippen molar-refractivity contribution in [1.82, 2.24) is 10.6 Å². The van der Waals surface area contributed by atoms with Gasteiger partial charge in [0.2, 0.25) is 5.91 Å². The molecular weight excluding hydrogens is 264 g/mol. The van der Waals surface area contributed by atoms with Crippen LogP contribution in [0.5, 0.6) is 0 Å². The van der Waals surface area contributed by atoms with Crippen LogP contribution in [0, 0.1) is 0 Å². The van der Waals surface area contributed by atoms with Gasteiger partial charge in [0, 0.05) is 11.8 Å². The van der Waals surface area contributed by atoms with E-state index in [2.05, 4.69) is 10.6 Å². The van der Waals surface area contributed by atoms with Crippen LogP contribution in [0.4, 0.5) is 0 Å². The Bertz CT molecular complexity index is 325. The van der Waals surface area contributed by atoms with Gasteiger partial charge in [-0.1, -0.05) is 13.8 Å². The number of carbonyl (C=O) groups is 2. The predicted molar refractivity (Wildman–Crippen MR) is 77.4 cm³/mol. The minimum absolute atomic E-state index is 0.0446. The van der Waals surface area contributed by atoms with Crippen LogP contribution in [-0.4, -0.2) is 46.6 Å². The summed E-state index contributed by atoms with van der Waals surface area (Å²) in [5.74, 6) is -0.303. The molecule has 0 aromatic heterocycles. The van der Waals surface area contributed by atoms with E-state index in [4.69, 9.17) is 0 Å². The van der Waals surface area contributed by atoms with Crippen molar-refractivity contribution in [3.8, 4) is 0 Å². The molecule has 3 N–H and O–H groups in total. The molecule has 1 aliphatic carbocycles. The summed E-state index contributed by atoms with van der Waals surface area (Å²) in [6.45, 7) is 5.30. The van der Waals surface area contributed by atoms with Gasteiger partial charge in [-0.2, -0.15) is 0 Å². The van der Waals surface area contributed by atoms with Crippen molar-refractivity contribution in [2.75, 3.05) is 18.8 Å². The van der Waals surface area contributed by atoms with Gasteiger partial charge in [-0.25, -0.2) is 0 Å². The highest BCUT2D eigenvalue weighted by atomic mass is 32.2. The Morgan fingerprint density at radius 3 is 2.74 bits per heavy atom. The molecular formula is C13H24N2O3S. The number of likely N-dealkylation sites (N-methyl/N-ethyl adjacent to an activating group) is 1. The highest BCUT2D eigenvalue weighted by Crippen LogP contribution is 2.37. The fraction of sp³-hybridized carbons (Fsp3) is 0.846. The Balaban J connectivity index is 2.38. The minimum Gasteiger partial charge on any atom is -0.480 e. The molecule has 0 heterocycles. The van der Waals surface area contributed by atoms with Crippen LogP contribution in [0.3, 0.4) is 0 Å². The van der Waals surface area contributed by atoms with Gasteiger partial charge in [0.1, 0.15) is 5.54 Å². The average Bonchev–Trinajstić information content (AvgIpc) is 2.79. The first-order valence-corrected chi connectivity index (χ1v) is 7.95. The molecule has 0 spiro atoms. The maximum absolute atomic E-state index is 11.5. The van der Waals surface area contributed by atoms with Gasteiger partial charge in [0.05, 0.1) is 5.75 Å². The third kappa shape index (κ3) is 4.69. The van der Waals surface area contributed by atoms with Gasteiger partial charge < -0.3 is 15.7 Å². The summed E-state index contributed by atoms with van der Waals surface area (Å²) in [6, 6.07) is 0. The second-order valence-electron chi connectivity index (χ2n) is 4.94. The molecule has 0 aromatic carbocycles. The lowest BCUT2D eigenvalue weighted by molar-refractivity contribution is -0.144. The molecule has 0 aliphatic heterocycles. The third-order valence-corrected chi connectivity index (χ3v) is 4.72. The van der Waals surface area contributed by atoms with Crippen molar-refractivity contribution < 1.29 is 14.7 Å². The zero-order valence-corrected chi connectivity index (χ0v) is 12.5. The second-order valence-corrected chi connectivity index (χ2v) is 6.23. The van der Waals surface area contributed by atoms with Crippen LogP contribution in [0.1, 0.15) is 39.5 Å². The molecule has 19 heavy (non-hydrogen) atoms. The third-order valence-electron chi connectivity index (χ3n) is 3.42. The Morgan fingerprint density at radius 2 is 2.16 bits per heavy atom. The molecule has 0 bridgehead atoms. The van der Waals surface area contributed by atoms with Crippen LogP contribution in [-0.2, 0) is 9.59 Å². The molecule has 0 aromatic rings. The van der Waals surface area contributed by atoms with E-state index < -0.39 is 11.5 Å². The zero-order chi connectivity index (χ0) is 14.3. The Hall–Kier alpha value is -0.750. The van der Waals surface area contributed by atoms with Crippen LogP contribution in [0.25, 0.3) is 0 Å². The summed E-state index contributed by atoms with van der Waals surface area (Å²) >= 11 is 1.57. The number of thioether (sulfide) groups is 1. The number of nitrogens with one attached hydrogen (secondary N) is 2. The fourth-order valence-electron chi connectivity index (χ4n) is 2.42. The first-order valence-electron chi connectivity index (χ1n) is 6.90. The van der Waals surface area contributed by atoms with Crippen LogP contribution >= 0.6 is 11.8 Å². The lowest BCUT2D eigenvalue weighted by atomic mass is 9.98. The van der Waals surface area contributed by atoms with Crippen molar-refractivity contribution in [1.29, 1.82) is 0 Å². The maximum atomic E-state index is 11.5. The van der Waals surface area contributed by atoms with Crippen LogP contribution < -0.4 is 10.6 Å². The van der Waals surface area contributed by atoms with E-state index in [1.54, 1.807) is 11.8 Å². The molecule has 110 valence electrons. The number of rotatable bonds is 8. The number of hydrogen-bond donors (Lipinski definition) is 3. The van der Waals surface area contributed by atoms with Gasteiger partial charge in [0.15, 0.2) is 0 Å². The highest BCUT2D eigenvalue weighted by molar-refractivity contribution is 8.00. The monoisotopic (exact) mass is 288 g/mol. The van der Waals surface area contributed by atoms with Gasteiger partial charge in [-0.3, -0.25) is 9.59 Å². The maximum Gasteiger partial charge on any atom is 0.323 e. The molecule has 0 saturated heterocycles. The van der Waals surface area contributed by atoms with E-state index >= 15 is 0 Å². The number of carbonyl (C=O) groups excluding carboxylic acids is 1. The van der Waals surface area contributed by atoms with Gasteiger partial charge >= 0.3 is 5.97 Å². The molecule has 2 atom stereocenters. The molecule has 1 saturated carbocycles. The number of amides is 1. The van der Waals surface area contributed by atoms with E-state index in [1.807, 2.05) is 13.8 Å². The Labute approximate surface area is 118 Å². The Morgan fingerprint density at radius 1 is 1.42 bits per heavy atom. The average molecular weight is 288 g/mol. The number of carboxylic acid groups (broad SMARTS) is 1. The number of aliphatic carboxylic acids is 1. The number of hydrogen-bond acceptors (Lipinski definition) is 4. The van der Waals surface area contributed by atoms with Crippen molar-refractivity contribution in [2.45, 2.75) is 50.3 Å². The quantitative estimate of drug-likeness (QED) is 0.626. The topological polar surface area (TPSA) is 78.4 Å². The first kappa shape index (κ1) is 16.3. The summed E-state index contributed by atoms with van der Waals surface area (Å²) in [5.41, 5.74) is -0.785. The Kier molecular flexibility index (Phi) is 6.65. The lowest BCUT2D eigenvalue weighted by Crippen LogP contribution is -2.50. The first-order chi connectivity index (χ1) is 9.04. The summed E-state index contributed by atoms with van der Waals surface area (Å²) < 4.78 is 0. The van der Waals surface area contributed by atoms with Gasteiger partial charge in [-0.15, -0.1) is 11.8 Å². The van der Waals surface area contributed by atoms with Crippen molar-refractivity contribution >= 4 is 23.6 Å². The van der Waals surface area contributed by atoms with Gasteiger partial charge in [-0.05, 0) is 32.2 Å². The second kappa shape index (κ2) is 7.75. The van der Waals surface area contributed by atoms with Crippen molar-refractivity contribution in [2.24, 2.45) is 0 Å². The molecule has 1 rings (SSSR count). The summed E-state index contributed by atoms with van der Waals surface area (Å²) in [4.78, 5) is 22.9. The summed E-state index contributed by atoms with van der Waals surface area (Å²) in [7, 11) is 0. The molecule has 2 unspecified atom stereocenters. The predicted octanol–water partition coefficient (Wildman–Crippen LogP) is 1.23. The van der Waals surface area contributed by atoms with E-state index in [-0.39, 0.29) is 11.2 Å². The minimum atomic E-state index is -0.785. The normalized spacial score (nSPS) is 26.3. The standard InChI is InChI=1S/C13H24N2O3S/c1-3-7-14-11(16)9-19-10-5-6-13(8-10,12(17)18)15-4-2/h10,15H,3-9H2,1-2H3,(H,14,16)(H,17,18). The van der Waals surface area contributed by atoms with Crippen molar-refractivity contribution in [3.63, 3.8) is 0 Å². The molecule has 6 heteroatoms. The summed E-state index contributed by atoms with van der Waals surface area (Å²) in [5, 5.41) is 15.5. The van der Waals surface area contributed by atoms with Crippen LogP contribution in [0.2, 0.25) is 0 Å². The van der Waals surface area contributed by atoms with E-state index in [0.717, 1.165) is 12.8 Å². The zero-order valence-electron chi connectivity index (χ0n) is 11.7. The fourth-order valence-corrected chi connectivity index (χ4v) is 3.60. The van der Waals surface area contributed by atoms with Crippen LogP contribution in [0.15, 0.2) is 0 Å². The number of carboxylic acids is 1. The van der Waals surface area contributed by atoms with E-state index in [1.165, 1.54) is 0 Å². The summed E-state index contributed by atoms with van der Waals surface area (Å²) in [6.07, 6.45) is 3.03. The smallest absolute Gasteiger partial charge is 0.323 e. The van der Waals surface area contributed by atoms with Gasteiger partial charge in [0.25, 0.3) is 0 Å². The molecule has 1 fully saturated rings. The largest absolute Gasteiger partial charge is 0.480 e. The highest BCUT2D eigenvalue weighted by Gasteiger charge is 2.44. The molecule has 5 nitrogen and oxygen atoms in total. The van der Waals surface area contributed by atoms with E-state index in [9.17, 15) is 14.7 Å². The molecule has 0 radical (unpaired) electrons. The SMILES string of the molecule is CCCNC(=O)CSC1CCC(NCC)(C(=O)O)C1. The van der Waals surface area contributed by atoms with E-state index in [0.29, 0.717) is 31.7 Å². The molecule has 1 aliphatic rings. The molecule has 1 amide bonds. The lowest BCUT2D eigenvalue weighted by Gasteiger charge is -2.25.